The van der Waals surface area contributed by atoms with Crippen molar-refractivity contribution >= 4 is 11.7 Å². The van der Waals surface area contributed by atoms with Crippen LogP contribution in [0, 0.1) is 6.92 Å². The van der Waals surface area contributed by atoms with Gasteiger partial charge in [0.25, 0.3) is 5.91 Å². The van der Waals surface area contributed by atoms with Gasteiger partial charge in [-0.05, 0) is 45.0 Å². The lowest BCUT2D eigenvalue weighted by atomic mass is 10.2. The van der Waals surface area contributed by atoms with E-state index in [1.165, 1.54) is 25.9 Å². The first-order valence-corrected chi connectivity index (χ1v) is 7.24. The largest absolute Gasteiger partial charge is 0.373 e. The van der Waals surface area contributed by atoms with Gasteiger partial charge in [0.15, 0.2) is 0 Å². The second kappa shape index (κ2) is 6.70. The van der Waals surface area contributed by atoms with Gasteiger partial charge in [0.05, 0.1) is 0 Å². The van der Waals surface area contributed by atoms with Crippen molar-refractivity contribution in [1.82, 2.24) is 14.8 Å². The van der Waals surface area contributed by atoms with Gasteiger partial charge in [-0.1, -0.05) is 0 Å². The molecule has 2 rings (SSSR count). The van der Waals surface area contributed by atoms with Gasteiger partial charge < -0.3 is 15.1 Å². The number of carbonyl (C=O) groups is 1. The molecule has 0 atom stereocenters. The molecule has 0 bridgehead atoms. The SMILES string of the molecule is CNc1cc(C(=O)N(C)CCN2CCCC2)cc(C)n1. The normalized spacial score (nSPS) is 15.3. The van der Waals surface area contributed by atoms with Crippen LogP contribution in [0.15, 0.2) is 12.1 Å². The summed E-state index contributed by atoms with van der Waals surface area (Å²) in [6, 6.07) is 3.65. The molecule has 2 heterocycles. The van der Waals surface area contributed by atoms with E-state index in [1.807, 2.05) is 33.2 Å². The monoisotopic (exact) mass is 276 g/mol. The molecule has 0 radical (unpaired) electrons. The number of rotatable bonds is 5. The molecule has 1 fully saturated rings. The van der Waals surface area contributed by atoms with E-state index in [9.17, 15) is 4.79 Å². The fourth-order valence-electron chi connectivity index (χ4n) is 2.54. The summed E-state index contributed by atoms with van der Waals surface area (Å²) >= 11 is 0. The third-order valence-corrected chi connectivity index (χ3v) is 3.75. The summed E-state index contributed by atoms with van der Waals surface area (Å²) in [7, 11) is 3.68. The van der Waals surface area contributed by atoms with Crippen LogP contribution in [0.4, 0.5) is 5.82 Å². The minimum atomic E-state index is 0.0613. The first-order valence-electron chi connectivity index (χ1n) is 7.24. The van der Waals surface area contributed by atoms with Gasteiger partial charge in [-0.2, -0.15) is 0 Å². The first kappa shape index (κ1) is 14.8. The molecule has 0 aromatic carbocycles. The molecule has 5 heteroatoms. The molecule has 1 aliphatic rings. The van der Waals surface area contributed by atoms with Gasteiger partial charge in [-0.3, -0.25) is 4.79 Å². The maximum Gasteiger partial charge on any atom is 0.253 e. The molecule has 0 aliphatic carbocycles. The Hall–Kier alpha value is -1.62. The van der Waals surface area contributed by atoms with Crippen LogP contribution in [0.25, 0.3) is 0 Å². The van der Waals surface area contributed by atoms with Gasteiger partial charge in [0, 0.05) is 38.4 Å². The summed E-state index contributed by atoms with van der Waals surface area (Å²) in [5.74, 6) is 0.799. The highest BCUT2D eigenvalue weighted by atomic mass is 16.2. The van der Waals surface area contributed by atoms with E-state index in [-0.39, 0.29) is 5.91 Å². The molecule has 0 saturated carbocycles. The second-order valence-corrected chi connectivity index (χ2v) is 5.41. The van der Waals surface area contributed by atoms with Crippen LogP contribution in [0.2, 0.25) is 0 Å². The number of anilines is 1. The number of pyridine rings is 1. The molecule has 20 heavy (non-hydrogen) atoms. The number of nitrogens with zero attached hydrogens (tertiary/aromatic N) is 3. The molecule has 0 spiro atoms. The van der Waals surface area contributed by atoms with Crippen molar-refractivity contribution in [2.45, 2.75) is 19.8 Å². The van der Waals surface area contributed by atoms with Crippen molar-refractivity contribution < 1.29 is 4.79 Å². The first-order chi connectivity index (χ1) is 9.60. The highest BCUT2D eigenvalue weighted by Gasteiger charge is 2.16. The third kappa shape index (κ3) is 3.70. The van der Waals surface area contributed by atoms with Gasteiger partial charge in [-0.25, -0.2) is 4.98 Å². The number of likely N-dealkylation sites (N-methyl/N-ethyl adjacent to an activating group) is 1. The Morgan fingerprint density at radius 1 is 1.40 bits per heavy atom. The van der Waals surface area contributed by atoms with Gasteiger partial charge in [-0.15, -0.1) is 0 Å². The Bertz CT molecular complexity index is 469. The lowest BCUT2D eigenvalue weighted by Crippen LogP contribution is -2.35. The molecule has 5 nitrogen and oxygen atoms in total. The van der Waals surface area contributed by atoms with Crippen LogP contribution in [0.5, 0.6) is 0 Å². The molecular formula is C15H24N4O. The van der Waals surface area contributed by atoms with Gasteiger partial charge >= 0.3 is 0 Å². The van der Waals surface area contributed by atoms with Crippen molar-refractivity contribution in [3.05, 3.63) is 23.4 Å². The summed E-state index contributed by atoms with van der Waals surface area (Å²) in [5.41, 5.74) is 1.55. The van der Waals surface area contributed by atoms with E-state index in [2.05, 4.69) is 15.2 Å². The van der Waals surface area contributed by atoms with E-state index in [1.54, 1.807) is 4.90 Å². The van der Waals surface area contributed by atoms with Crippen LogP contribution < -0.4 is 5.32 Å². The number of aromatic nitrogens is 1. The molecule has 1 aromatic rings. The van der Waals surface area contributed by atoms with Crippen molar-refractivity contribution in [1.29, 1.82) is 0 Å². The zero-order valence-corrected chi connectivity index (χ0v) is 12.6. The minimum Gasteiger partial charge on any atom is -0.373 e. The standard InChI is InChI=1S/C15H24N4O/c1-12-10-13(11-14(16-2)17-12)15(20)18(3)8-9-19-6-4-5-7-19/h10-11H,4-9H2,1-3H3,(H,16,17). The van der Waals surface area contributed by atoms with E-state index in [4.69, 9.17) is 0 Å². The molecular weight excluding hydrogens is 252 g/mol. The van der Waals surface area contributed by atoms with E-state index in [0.717, 1.165) is 24.6 Å². The van der Waals surface area contributed by atoms with E-state index < -0.39 is 0 Å². The quantitative estimate of drug-likeness (QED) is 0.887. The Labute approximate surface area is 121 Å². The topological polar surface area (TPSA) is 48.5 Å². The van der Waals surface area contributed by atoms with Crippen LogP contribution in [-0.4, -0.2) is 61.0 Å². The number of hydrogen-bond acceptors (Lipinski definition) is 4. The number of likely N-dealkylation sites (tertiary alicyclic amines) is 1. The Balaban J connectivity index is 1.96. The van der Waals surface area contributed by atoms with Crippen LogP contribution in [0.3, 0.4) is 0 Å². The predicted molar refractivity (Wildman–Crippen MR) is 81.2 cm³/mol. The molecule has 1 aromatic heterocycles. The zero-order valence-electron chi connectivity index (χ0n) is 12.6. The van der Waals surface area contributed by atoms with Crippen molar-refractivity contribution in [3.8, 4) is 0 Å². The number of carbonyl (C=O) groups excluding carboxylic acids is 1. The molecule has 1 N–H and O–H groups in total. The number of nitrogens with one attached hydrogen (secondary N) is 1. The lowest BCUT2D eigenvalue weighted by molar-refractivity contribution is 0.0782. The summed E-state index contributed by atoms with van der Waals surface area (Å²) < 4.78 is 0. The third-order valence-electron chi connectivity index (χ3n) is 3.75. The highest BCUT2D eigenvalue weighted by Crippen LogP contribution is 2.12. The minimum absolute atomic E-state index is 0.0613. The summed E-state index contributed by atoms with van der Waals surface area (Å²) in [6.45, 7) is 5.97. The van der Waals surface area contributed by atoms with Crippen LogP contribution in [-0.2, 0) is 0 Å². The molecule has 110 valence electrons. The zero-order chi connectivity index (χ0) is 14.5. The van der Waals surface area contributed by atoms with Crippen LogP contribution in [0.1, 0.15) is 28.9 Å². The Kier molecular flexibility index (Phi) is 4.95. The smallest absolute Gasteiger partial charge is 0.253 e. The average molecular weight is 276 g/mol. The predicted octanol–water partition coefficient (Wildman–Crippen LogP) is 1.60. The van der Waals surface area contributed by atoms with Crippen LogP contribution >= 0.6 is 0 Å². The van der Waals surface area contributed by atoms with Gasteiger partial charge in [0.1, 0.15) is 5.82 Å². The van der Waals surface area contributed by atoms with Gasteiger partial charge in [0.2, 0.25) is 0 Å². The number of aryl methyl sites for hydroxylation is 1. The molecule has 0 unspecified atom stereocenters. The fraction of sp³-hybridized carbons (Fsp3) is 0.600. The fourth-order valence-corrected chi connectivity index (χ4v) is 2.54. The van der Waals surface area contributed by atoms with Crippen molar-refractivity contribution in [3.63, 3.8) is 0 Å². The molecule has 1 aliphatic heterocycles. The van der Waals surface area contributed by atoms with E-state index in [0.29, 0.717) is 5.56 Å². The second-order valence-electron chi connectivity index (χ2n) is 5.41. The van der Waals surface area contributed by atoms with E-state index >= 15 is 0 Å². The maximum absolute atomic E-state index is 12.4. The maximum atomic E-state index is 12.4. The Morgan fingerprint density at radius 3 is 2.75 bits per heavy atom. The summed E-state index contributed by atoms with van der Waals surface area (Å²) in [4.78, 5) is 21.0. The lowest BCUT2D eigenvalue weighted by Gasteiger charge is -2.21. The number of hydrogen-bond donors (Lipinski definition) is 1. The average Bonchev–Trinajstić information content (AvgIpc) is 2.96. The Morgan fingerprint density at radius 2 is 2.10 bits per heavy atom. The van der Waals surface area contributed by atoms with Crippen molar-refractivity contribution in [2.24, 2.45) is 0 Å². The highest BCUT2D eigenvalue weighted by molar-refractivity contribution is 5.94. The summed E-state index contributed by atoms with van der Waals surface area (Å²) in [6.07, 6.45) is 2.57. The molecule has 1 amide bonds. The number of amides is 1. The molecule has 1 saturated heterocycles. The summed E-state index contributed by atoms with van der Waals surface area (Å²) in [5, 5.41) is 2.99. The van der Waals surface area contributed by atoms with Crippen molar-refractivity contribution in [2.75, 3.05) is 45.6 Å².